The van der Waals surface area contributed by atoms with Gasteiger partial charge < -0.3 is 83.5 Å². The Morgan fingerprint density at radius 3 is 2.02 bits per heavy atom. The van der Waals surface area contributed by atoms with E-state index >= 15 is 0 Å². The number of carbonyl (C=O) groups excluding carboxylic acids is 2. The van der Waals surface area contributed by atoms with Crippen molar-refractivity contribution in [2.75, 3.05) is 48.3 Å². The Morgan fingerprint density at radius 2 is 1.43 bits per heavy atom. The molecule has 3 saturated heterocycles. The van der Waals surface area contributed by atoms with Crippen LogP contribution in [0.4, 0.5) is 0 Å². The minimum Gasteiger partial charge on any atom is -0.502 e. The molecule has 19 nitrogen and oxygen atoms in total. The van der Waals surface area contributed by atoms with E-state index in [1.807, 2.05) is 0 Å². The summed E-state index contributed by atoms with van der Waals surface area (Å²) in [4.78, 5) is 28.9. The number of cyclic esters (lactones) is 1. The van der Waals surface area contributed by atoms with Crippen LogP contribution in [-0.4, -0.2) is 156 Å². The third kappa shape index (κ3) is 6.26. The van der Waals surface area contributed by atoms with Crippen LogP contribution in [0.15, 0.2) is 23.8 Å². The van der Waals surface area contributed by atoms with Gasteiger partial charge in [-0.05, 0) is 35.4 Å². The first-order valence-electron chi connectivity index (χ1n) is 16.3. The molecule has 2 bridgehead atoms. The molecule has 2 aromatic rings. The number of methoxy groups -OCH3 is 4. The van der Waals surface area contributed by atoms with E-state index in [1.54, 1.807) is 0 Å². The molecule has 8 N–H and O–H groups in total. The topological polar surface area (TPSA) is 279 Å². The first-order valence-corrected chi connectivity index (χ1v) is 16.3. The van der Waals surface area contributed by atoms with Gasteiger partial charge in [0.05, 0.1) is 40.6 Å². The maximum absolute atomic E-state index is 14.5. The van der Waals surface area contributed by atoms with Crippen molar-refractivity contribution in [1.82, 2.24) is 0 Å². The maximum Gasteiger partial charge on any atom is 0.335 e. The molecule has 3 heterocycles. The molecule has 6 rings (SSSR count). The molecule has 290 valence electrons. The van der Waals surface area contributed by atoms with Crippen molar-refractivity contribution in [2.45, 2.75) is 60.7 Å². The van der Waals surface area contributed by atoms with E-state index in [1.165, 1.54) is 52.7 Å². The number of ether oxygens (including phenoxy) is 9. The summed E-state index contributed by atoms with van der Waals surface area (Å²) >= 11 is 0. The summed E-state index contributed by atoms with van der Waals surface area (Å²) in [5.74, 6) is -9.46. The number of fused-ring (bicyclic) bond motifs is 5. The fourth-order valence-electron chi connectivity index (χ4n) is 7.16. The first kappa shape index (κ1) is 38.3. The molecule has 53 heavy (non-hydrogen) atoms. The molecule has 11 unspecified atom stereocenters. The van der Waals surface area contributed by atoms with E-state index in [4.69, 9.17) is 42.6 Å². The zero-order chi connectivity index (χ0) is 38.5. The van der Waals surface area contributed by atoms with Gasteiger partial charge in [0.2, 0.25) is 17.3 Å². The summed E-state index contributed by atoms with van der Waals surface area (Å²) in [5, 5.41) is 86.1. The van der Waals surface area contributed by atoms with E-state index in [-0.39, 0.29) is 39.7 Å². The second kappa shape index (κ2) is 14.8. The number of aliphatic hydroxyl groups excluding tert-OH is 6. The summed E-state index contributed by atoms with van der Waals surface area (Å²) < 4.78 is 50.3. The zero-order valence-electron chi connectivity index (χ0n) is 28.8. The van der Waals surface area contributed by atoms with Crippen molar-refractivity contribution < 1.29 is 93.1 Å². The van der Waals surface area contributed by atoms with Gasteiger partial charge in [-0.1, -0.05) is 0 Å². The molecule has 3 aliphatic heterocycles. The number of hydrogen-bond donors (Lipinski definition) is 8. The molecule has 1 aliphatic carbocycles. The van der Waals surface area contributed by atoms with Crippen molar-refractivity contribution in [3.05, 3.63) is 40.5 Å². The van der Waals surface area contributed by atoms with E-state index < -0.39 is 115 Å². The van der Waals surface area contributed by atoms with E-state index in [9.17, 15) is 50.4 Å². The van der Waals surface area contributed by atoms with Crippen LogP contribution in [-0.2, 0) is 33.3 Å². The minimum absolute atomic E-state index is 0.0928. The van der Waals surface area contributed by atoms with Crippen molar-refractivity contribution in [3.63, 3.8) is 0 Å². The van der Waals surface area contributed by atoms with Crippen LogP contribution in [0, 0.1) is 5.92 Å². The summed E-state index contributed by atoms with van der Waals surface area (Å²) in [7, 11) is 5.04. The van der Waals surface area contributed by atoms with Crippen LogP contribution in [0.2, 0.25) is 0 Å². The number of esters is 2. The number of benzene rings is 2. The molecule has 0 spiro atoms. The van der Waals surface area contributed by atoms with Crippen LogP contribution in [0.25, 0.3) is 6.08 Å². The van der Waals surface area contributed by atoms with Gasteiger partial charge in [0.25, 0.3) is 0 Å². The van der Waals surface area contributed by atoms with Gasteiger partial charge in [-0.15, -0.1) is 0 Å². The second-order valence-electron chi connectivity index (χ2n) is 12.7. The largest absolute Gasteiger partial charge is 0.502 e. The smallest absolute Gasteiger partial charge is 0.335 e. The van der Waals surface area contributed by atoms with Gasteiger partial charge in [0.1, 0.15) is 55.8 Å². The quantitative estimate of drug-likeness (QED) is 0.142. The highest BCUT2D eigenvalue weighted by Gasteiger charge is 2.62. The van der Waals surface area contributed by atoms with Gasteiger partial charge in [0, 0.05) is 11.5 Å². The molecule has 19 heteroatoms. The van der Waals surface area contributed by atoms with Gasteiger partial charge in [-0.25, -0.2) is 4.79 Å². The lowest BCUT2D eigenvalue weighted by Gasteiger charge is -2.43. The predicted octanol–water partition coefficient (Wildman–Crippen LogP) is -1.99. The fourth-order valence-corrected chi connectivity index (χ4v) is 7.16. The first-order chi connectivity index (χ1) is 25.3. The molecule has 0 radical (unpaired) electrons. The van der Waals surface area contributed by atoms with E-state index in [0.717, 1.165) is 0 Å². The van der Waals surface area contributed by atoms with Crippen molar-refractivity contribution in [2.24, 2.45) is 5.92 Å². The third-order valence-corrected chi connectivity index (χ3v) is 9.84. The van der Waals surface area contributed by atoms with Crippen LogP contribution in [0.5, 0.6) is 34.5 Å². The van der Waals surface area contributed by atoms with Gasteiger partial charge in [-0.3, -0.25) is 4.79 Å². The molecular formula is C34H40O19. The van der Waals surface area contributed by atoms with Crippen LogP contribution in [0.1, 0.15) is 22.6 Å². The standard InChI is InChI=1S/C34H40O19/c1-45-15-7-13(8-16(46-2)23(15)37)20-21-12(6-17(47-3)25(39)29(21)48-4)5-14-22(20)32(44)49-10-19-24(38)27(41)28(42)33(50-19)53-34(11-36)30(51-31(14)43)26(40)18(9-35)52-34/h5-8,18-20,22,24,26-28,30,33,35-42H,9-11H2,1-4H3. The number of carbonyl (C=O) groups is 2. The third-order valence-electron chi connectivity index (χ3n) is 9.84. The van der Waals surface area contributed by atoms with Crippen LogP contribution < -0.4 is 18.9 Å². The lowest BCUT2D eigenvalue weighted by Crippen LogP contribution is -2.63. The molecule has 2 aromatic carbocycles. The second-order valence-corrected chi connectivity index (χ2v) is 12.7. The van der Waals surface area contributed by atoms with Gasteiger partial charge in [-0.2, -0.15) is 0 Å². The Labute approximate surface area is 301 Å². The van der Waals surface area contributed by atoms with Crippen LogP contribution in [0.3, 0.4) is 0 Å². The maximum atomic E-state index is 14.5. The predicted molar refractivity (Wildman–Crippen MR) is 172 cm³/mol. The van der Waals surface area contributed by atoms with Crippen LogP contribution >= 0.6 is 0 Å². The summed E-state index contributed by atoms with van der Waals surface area (Å²) in [6.07, 6.45) is -13.5. The van der Waals surface area contributed by atoms with Gasteiger partial charge in [0.15, 0.2) is 35.4 Å². The minimum atomic E-state index is -2.54. The van der Waals surface area contributed by atoms with Crippen molar-refractivity contribution >= 4 is 18.0 Å². The molecule has 4 aliphatic rings. The Bertz CT molecular complexity index is 1740. The lowest BCUT2D eigenvalue weighted by atomic mass is 9.70. The Morgan fingerprint density at radius 1 is 0.792 bits per heavy atom. The highest BCUT2D eigenvalue weighted by atomic mass is 16.8. The number of phenols is 2. The van der Waals surface area contributed by atoms with Crippen molar-refractivity contribution in [3.8, 4) is 34.5 Å². The summed E-state index contributed by atoms with van der Waals surface area (Å²) in [6, 6.07) is 4.04. The fraction of sp³-hybridized carbons (Fsp3) is 0.529. The van der Waals surface area contributed by atoms with Gasteiger partial charge >= 0.3 is 11.9 Å². The van der Waals surface area contributed by atoms with Crippen molar-refractivity contribution in [1.29, 1.82) is 0 Å². The molecule has 0 amide bonds. The monoisotopic (exact) mass is 752 g/mol. The summed E-state index contributed by atoms with van der Waals surface area (Å²) in [5.41, 5.74) is 0.00223. The lowest BCUT2D eigenvalue weighted by molar-refractivity contribution is -0.383. The average molecular weight is 753 g/mol. The number of phenolic OH excluding ortho intramolecular Hbond substituents is 2. The number of aliphatic hydroxyl groups is 6. The number of rotatable bonds is 7. The van der Waals surface area contributed by atoms with E-state index in [0.29, 0.717) is 0 Å². The molecule has 3 fully saturated rings. The Hall–Kier alpha value is -4.44. The number of hydrogen-bond acceptors (Lipinski definition) is 19. The molecule has 0 saturated carbocycles. The molecule has 11 atom stereocenters. The SMILES string of the molecule is COc1cc(C2c3c(cc(OC)c(O)c3OC)C=C3C(=O)OC4C(O)C(CO)OC4(CO)OC4OC(COC(=O)C32)C(O)C(O)C4O)cc(OC)c1O. The normalized spacial score (nSPS) is 34.0. The summed E-state index contributed by atoms with van der Waals surface area (Å²) in [6.45, 7) is -2.83. The number of aromatic hydroxyl groups is 2. The molecular weight excluding hydrogens is 712 g/mol. The van der Waals surface area contributed by atoms with E-state index in [2.05, 4.69) is 0 Å². The highest BCUT2D eigenvalue weighted by molar-refractivity contribution is 6.02. The molecule has 0 aromatic heterocycles. The Kier molecular flexibility index (Phi) is 10.7. The highest BCUT2D eigenvalue weighted by Crippen LogP contribution is 2.55. The Balaban J connectivity index is 1.62. The zero-order valence-corrected chi connectivity index (χ0v) is 28.8. The average Bonchev–Trinajstić information content (AvgIpc) is 3.42.